The standard InChI is InChI=1S/C12H20NO3.BrH/c1-13(2,3)10-4-6-12(7-5-10)16-9-11(15)8-14;/h4-7,11,14-15H,8-9H2,1-3H3;1H/q+1;/p-1. The van der Waals surface area contributed by atoms with Crippen molar-refractivity contribution in [2.75, 3.05) is 34.4 Å². The molecule has 1 unspecified atom stereocenters. The minimum absolute atomic E-state index is 0. The van der Waals surface area contributed by atoms with Crippen molar-refractivity contribution in [2.45, 2.75) is 6.10 Å². The first-order valence-electron chi connectivity index (χ1n) is 5.27. The molecule has 2 N–H and O–H groups in total. The Bertz CT molecular complexity index is 322. The maximum atomic E-state index is 9.13. The van der Waals surface area contributed by atoms with Crippen LogP contribution in [0.5, 0.6) is 5.75 Å². The fourth-order valence-electron chi connectivity index (χ4n) is 1.23. The normalized spacial score (nSPS) is 12.8. The van der Waals surface area contributed by atoms with Gasteiger partial charge >= 0.3 is 0 Å². The van der Waals surface area contributed by atoms with Crippen molar-refractivity contribution in [3.8, 4) is 5.75 Å². The van der Waals surface area contributed by atoms with Crippen molar-refractivity contribution in [2.24, 2.45) is 0 Å². The topological polar surface area (TPSA) is 49.7 Å². The molecular weight excluding hydrogens is 286 g/mol. The van der Waals surface area contributed by atoms with Gasteiger partial charge in [-0.1, -0.05) is 0 Å². The molecule has 0 aliphatic rings. The monoisotopic (exact) mass is 305 g/mol. The second-order valence-corrected chi connectivity index (χ2v) is 4.65. The zero-order valence-electron chi connectivity index (χ0n) is 10.4. The molecule has 0 radical (unpaired) electrons. The highest BCUT2D eigenvalue weighted by atomic mass is 79.9. The molecule has 0 aliphatic carbocycles. The van der Waals surface area contributed by atoms with E-state index in [0.717, 1.165) is 4.48 Å². The van der Waals surface area contributed by atoms with E-state index < -0.39 is 6.10 Å². The molecule has 17 heavy (non-hydrogen) atoms. The number of aliphatic hydroxyl groups excluding tert-OH is 2. The second-order valence-electron chi connectivity index (χ2n) is 4.65. The first-order chi connectivity index (χ1) is 7.43. The maximum absolute atomic E-state index is 9.13. The molecule has 4 nitrogen and oxygen atoms in total. The largest absolute Gasteiger partial charge is 1.00 e. The van der Waals surface area contributed by atoms with Gasteiger partial charge in [0.05, 0.1) is 27.7 Å². The average molecular weight is 306 g/mol. The molecule has 1 aromatic carbocycles. The Balaban J connectivity index is 0.00000256. The van der Waals surface area contributed by atoms with Crippen LogP contribution in [0.25, 0.3) is 0 Å². The summed E-state index contributed by atoms with van der Waals surface area (Å²) >= 11 is 0. The van der Waals surface area contributed by atoms with Gasteiger partial charge in [0, 0.05) is 12.1 Å². The lowest BCUT2D eigenvalue weighted by atomic mass is 10.2. The Labute approximate surface area is 113 Å². The second kappa shape index (κ2) is 6.96. The summed E-state index contributed by atoms with van der Waals surface area (Å²) in [6.07, 6.45) is -0.821. The smallest absolute Gasteiger partial charge is 0.132 e. The Hall–Kier alpha value is -0.620. The van der Waals surface area contributed by atoms with Crippen LogP contribution in [-0.2, 0) is 0 Å². The van der Waals surface area contributed by atoms with Crippen molar-refractivity contribution in [1.29, 1.82) is 0 Å². The number of hydrogen-bond acceptors (Lipinski definition) is 3. The summed E-state index contributed by atoms with van der Waals surface area (Å²) in [6, 6.07) is 7.70. The number of aliphatic hydroxyl groups is 2. The van der Waals surface area contributed by atoms with Crippen LogP contribution in [0, 0.1) is 0 Å². The number of benzene rings is 1. The first kappa shape index (κ1) is 16.4. The average Bonchev–Trinajstić information content (AvgIpc) is 2.25. The van der Waals surface area contributed by atoms with E-state index in [9.17, 15) is 0 Å². The molecule has 0 saturated heterocycles. The molecule has 0 saturated carbocycles. The fourth-order valence-corrected chi connectivity index (χ4v) is 1.23. The van der Waals surface area contributed by atoms with Crippen LogP contribution in [0.2, 0.25) is 0 Å². The molecule has 0 aromatic heterocycles. The summed E-state index contributed by atoms with van der Waals surface area (Å²) in [5, 5.41) is 17.8. The van der Waals surface area contributed by atoms with Gasteiger partial charge in [-0.2, -0.15) is 0 Å². The molecule has 0 heterocycles. The Kier molecular flexibility index (Phi) is 6.70. The molecule has 0 spiro atoms. The van der Waals surface area contributed by atoms with Crippen LogP contribution in [0.1, 0.15) is 0 Å². The van der Waals surface area contributed by atoms with Crippen molar-refractivity contribution in [3.05, 3.63) is 24.3 Å². The summed E-state index contributed by atoms with van der Waals surface area (Å²) in [7, 11) is 6.27. The number of rotatable bonds is 5. The molecule has 0 amide bonds. The van der Waals surface area contributed by atoms with Gasteiger partial charge in [0.25, 0.3) is 0 Å². The minimum Gasteiger partial charge on any atom is -1.00 e. The third-order valence-corrected chi connectivity index (χ3v) is 2.26. The number of halogens is 1. The van der Waals surface area contributed by atoms with Crippen LogP contribution in [0.3, 0.4) is 0 Å². The van der Waals surface area contributed by atoms with Crippen molar-refractivity contribution >= 4 is 5.69 Å². The lowest BCUT2D eigenvalue weighted by Gasteiger charge is -2.23. The predicted molar refractivity (Wildman–Crippen MR) is 64.6 cm³/mol. The van der Waals surface area contributed by atoms with E-state index >= 15 is 0 Å². The van der Waals surface area contributed by atoms with Crippen LogP contribution in [0.4, 0.5) is 5.69 Å². The van der Waals surface area contributed by atoms with Gasteiger partial charge in [0.15, 0.2) is 0 Å². The Morgan fingerprint density at radius 1 is 1.18 bits per heavy atom. The molecule has 0 bridgehead atoms. The van der Waals surface area contributed by atoms with Gasteiger partial charge < -0.3 is 31.9 Å². The number of ether oxygens (including phenoxy) is 1. The highest BCUT2D eigenvalue weighted by Gasteiger charge is 2.11. The molecule has 1 atom stereocenters. The van der Waals surface area contributed by atoms with E-state index in [-0.39, 0.29) is 30.2 Å². The summed E-state index contributed by atoms with van der Waals surface area (Å²) < 4.78 is 6.06. The maximum Gasteiger partial charge on any atom is 0.132 e. The van der Waals surface area contributed by atoms with E-state index in [1.54, 1.807) is 0 Å². The Morgan fingerprint density at radius 3 is 2.12 bits per heavy atom. The fraction of sp³-hybridized carbons (Fsp3) is 0.500. The lowest BCUT2D eigenvalue weighted by Crippen LogP contribution is -3.00. The number of hydrogen-bond donors (Lipinski definition) is 2. The van der Waals surface area contributed by atoms with E-state index in [1.807, 2.05) is 24.3 Å². The Morgan fingerprint density at radius 2 is 1.71 bits per heavy atom. The van der Waals surface area contributed by atoms with Gasteiger partial charge in [-0.3, -0.25) is 4.48 Å². The van der Waals surface area contributed by atoms with E-state index in [4.69, 9.17) is 14.9 Å². The molecule has 0 fully saturated rings. The zero-order chi connectivity index (χ0) is 12.2. The lowest BCUT2D eigenvalue weighted by molar-refractivity contribution is -0.00000560. The highest BCUT2D eigenvalue weighted by molar-refractivity contribution is 5.44. The van der Waals surface area contributed by atoms with Gasteiger partial charge in [0.2, 0.25) is 0 Å². The van der Waals surface area contributed by atoms with Crippen molar-refractivity contribution in [1.82, 2.24) is 4.48 Å². The first-order valence-corrected chi connectivity index (χ1v) is 5.27. The van der Waals surface area contributed by atoms with Gasteiger partial charge in [-0.05, 0) is 12.1 Å². The van der Waals surface area contributed by atoms with Crippen LogP contribution in [-0.4, -0.2) is 50.7 Å². The third-order valence-electron chi connectivity index (χ3n) is 2.26. The molecule has 98 valence electrons. The minimum atomic E-state index is -0.821. The zero-order valence-corrected chi connectivity index (χ0v) is 12.0. The van der Waals surface area contributed by atoms with Crippen LogP contribution < -0.4 is 26.2 Å². The van der Waals surface area contributed by atoms with Gasteiger partial charge in [0.1, 0.15) is 24.1 Å². The molecule has 5 heteroatoms. The van der Waals surface area contributed by atoms with E-state index in [2.05, 4.69) is 21.1 Å². The van der Waals surface area contributed by atoms with Crippen molar-refractivity contribution in [3.63, 3.8) is 0 Å². The predicted octanol–water partition coefficient (Wildman–Crippen LogP) is -2.38. The summed E-state index contributed by atoms with van der Waals surface area (Å²) in [5.41, 5.74) is 1.18. The number of quaternary nitrogens is 1. The molecule has 1 aromatic rings. The van der Waals surface area contributed by atoms with Crippen LogP contribution in [0.15, 0.2) is 24.3 Å². The summed E-state index contributed by atoms with van der Waals surface area (Å²) in [6.45, 7) is -0.169. The molecule has 1 rings (SSSR count). The summed E-state index contributed by atoms with van der Waals surface area (Å²) in [5.74, 6) is 0.699. The molecular formula is C12H20BrNO3. The van der Waals surface area contributed by atoms with Crippen LogP contribution >= 0.6 is 0 Å². The van der Waals surface area contributed by atoms with E-state index in [0.29, 0.717) is 5.75 Å². The quantitative estimate of drug-likeness (QED) is 0.598. The SMILES string of the molecule is C[N+](C)(C)c1ccc(OCC(O)CO)cc1.[Br-]. The van der Waals surface area contributed by atoms with Gasteiger partial charge in [-0.25, -0.2) is 0 Å². The number of nitrogens with zero attached hydrogens (tertiary/aromatic N) is 1. The summed E-state index contributed by atoms with van der Waals surface area (Å²) in [4.78, 5) is 0. The molecule has 0 aliphatic heterocycles. The highest BCUT2D eigenvalue weighted by Crippen LogP contribution is 2.20. The van der Waals surface area contributed by atoms with E-state index in [1.165, 1.54) is 5.69 Å². The van der Waals surface area contributed by atoms with Crippen molar-refractivity contribution < 1.29 is 31.9 Å². The van der Waals surface area contributed by atoms with Gasteiger partial charge in [-0.15, -0.1) is 0 Å². The third kappa shape index (κ3) is 5.50.